The molecule has 2 aliphatic rings. The van der Waals surface area contributed by atoms with Crippen LogP contribution >= 0.6 is 11.6 Å². The minimum atomic E-state index is -0.984. The minimum absolute atomic E-state index is 0.287. The zero-order valence-corrected chi connectivity index (χ0v) is 13.1. The van der Waals surface area contributed by atoms with E-state index in [1.165, 1.54) is 25.7 Å². The fourth-order valence-corrected chi connectivity index (χ4v) is 3.21. The highest BCUT2D eigenvalue weighted by Gasteiger charge is 2.42. The molecule has 1 aliphatic carbocycles. The van der Waals surface area contributed by atoms with Gasteiger partial charge in [-0.1, -0.05) is 49.4 Å². The first kappa shape index (κ1) is 15.0. The third-order valence-corrected chi connectivity index (χ3v) is 4.69. The second-order valence-corrected chi connectivity index (χ2v) is 6.29. The van der Waals surface area contributed by atoms with Crippen LogP contribution in [-0.2, 0) is 20.3 Å². The lowest BCUT2D eigenvalue weighted by Gasteiger charge is -2.39. The highest BCUT2D eigenvalue weighted by atomic mass is 35.5. The van der Waals surface area contributed by atoms with Crippen LogP contribution in [0.1, 0.15) is 44.1 Å². The lowest BCUT2D eigenvalue weighted by molar-refractivity contribution is -0.458. The average Bonchev–Trinajstić information content (AvgIpc) is 2.75. The van der Waals surface area contributed by atoms with Gasteiger partial charge in [0.05, 0.1) is 0 Å². The van der Waals surface area contributed by atoms with E-state index in [0.29, 0.717) is 5.02 Å². The summed E-state index contributed by atoms with van der Waals surface area (Å²) >= 11 is 5.94. The maximum Gasteiger partial charge on any atom is 0.246 e. The molecule has 1 heterocycles. The highest BCUT2D eigenvalue weighted by molar-refractivity contribution is 6.30. The molecule has 1 aromatic carbocycles. The summed E-state index contributed by atoms with van der Waals surface area (Å²) in [5.41, 5.74) is 0.583. The van der Waals surface area contributed by atoms with Gasteiger partial charge in [-0.15, -0.1) is 0 Å². The predicted octanol–water partition coefficient (Wildman–Crippen LogP) is 4.75. The summed E-state index contributed by atoms with van der Waals surface area (Å²) in [6.07, 6.45) is 11.0. The summed E-state index contributed by atoms with van der Waals surface area (Å²) in [4.78, 5) is 11.6. The van der Waals surface area contributed by atoms with Crippen LogP contribution in [0.4, 0.5) is 0 Å². The standard InChI is InChI=1S/C17H21ClO3/c1-19-17(14-6-8-15(18)9-7-14)13-12-16(20-21-17)10-4-2-3-5-11-16/h6-9,12-13H,2-5,10-11H2,1H3. The molecule has 114 valence electrons. The van der Waals surface area contributed by atoms with E-state index in [9.17, 15) is 0 Å². The third-order valence-electron chi connectivity index (χ3n) is 4.44. The van der Waals surface area contributed by atoms with Gasteiger partial charge in [0.1, 0.15) is 5.60 Å². The molecule has 1 atom stereocenters. The summed E-state index contributed by atoms with van der Waals surface area (Å²) < 4.78 is 5.59. The molecule has 0 radical (unpaired) electrons. The molecule has 21 heavy (non-hydrogen) atoms. The summed E-state index contributed by atoms with van der Waals surface area (Å²) in [5.74, 6) is -0.984. The van der Waals surface area contributed by atoms with Crippen LogP contribution in [0.25, 0.3) is 0 Å². The van der Waals surface area contributed by atoms with Gasteiger partial charge in [0.2, 0.25) is 5.79 Å². The number of hydrogen-bond acceptors (Lipinski definition) is 3. The maximum absolute atomic E-state index is 5.94. The molecule has 1 aromatic rings. The van der Waals surface area contributed by atoms with Crippen LogP contribution in [0.3, 0.4) is 0 Å². The van der Waals surface area contributed by atoms with Crippen LogP contribution in [0.15, 0.2) is 36.4 Å². The molecule has 3 nitrogen and oxygen atoms in total. The Morgan fingerprint density at radius 2 is 1.62 bits per heavy atom. The molecule has 1 saturated carbocycles. The van der Waals surface area contributed by atoms with E-state index < -0.39 is 5.79 Å². The number of benzene rings is 1. The summed E-state index contributed by atoms with van der Waals surface area (Å²) in [5, 5.41) is 0.686. The Bertz CT molecular complexity index is 503. The molecule has 0 aromatic heterocycles. The van der Waals surface area contributed by atoms with Crippen molar-refractivity contribution in [2.75, 3.05) is 7.11 Å². The topological polar surface area (TPSA) is 27.7 Å². The van der Waals surface area contributed by atoms with E-state index in [-0.39, 0.29) is 5.60 Å². The van der Waals surface area contributed by atoms with E-state index in [1.54, 1.807) is 7.11 Å². The van der Waals surface area contributed by atoms with Crippen molar-refractivity contribution in [3.05, 3.63) is 47.0 Å². The Kier molecular flexibility index (Phi) is 4.36. The second kappa shape index (κ2) is 6.09. The predicted molar refractivity (Wildman–Crippen MR) is 81.9 cm³/mol. The number of ether oxygens (including phenoxy) is 1. The van der Waals surface area contributed by atoms with Gasteiger partial charge in [-0.2, -0.15) is 4.89 Å². The number of methoxy groups -OCH3 is 1. The number of hydrogen-bond donors (Lipinski definition) is 0. The first-order valence-corrected chi connectivity index (χ1v) is 7.94. The van der Waals surface area contributed by atoms with Gasteiger partial charge >= 0.3 is 0 Å². The maximum atomic E-state index is 5.94. The van der Waals surface area contributed by atoms with Crippen molar-refractivity contribution in [3.8, 4) is 0 Å². The molecule has 0 bridgehead atoms. The lowest BCUT2D eigenvalue weighted by atomic mass is 9.91. The lowest BCUT2D eigenvalue weighted by Crippen LogP contribution is -2.42. The molecule has 4 heteroatoms. The molecule has 1 fully saturated rings. The molecule has 0 saturated heterocycles. The Hall–Kier alpha value is -0.870. The molecular formula is C17H21ClO3. The van der Waals surface area contributed by atoms with E-state index in [4.69, 9.17) is 26.1 Å². The fraction of sp³-hybridized carbons (Fsp3) is 0.529. The van der Waals surface area contributed by atoms with E-state index in [2.05, 4.69) is 6.08 Å². The minimum Gasteiger partial charge on any atom is -0.344 e. The molecule has 0 amide bonds. The van der Waals surface area contributed by atoms with E-state index >= 15 is 0 Å². The van der Waals surface area contributed by atoms with Crippen LogP contribution < -0.4 is 0 Å². The fourth-order valence-electron chi connectivity index (χ4n) is 3.09. The normalized spacial score (nSPS) is 28.5. The molecule has 1 aliphatic heterocycles. The molecule has 3 rings (SSSR count). The molecule has 0 N–H and O–H groups in total. The van der Waals surface area contributed by atoms with Crippen LogP contribution in [0, 0.1) is 0 Å². The van der Waals surface area contributed by atoms with Gasteiger partial charge in [0, 0.05) is 17.7 Å². The Morgan fingerprint density at radius 1 is 0.952 bits per heavy atom. The average molecular weight is 309 g/mol. The summed E-state index contributed by atoms with van der Waals surface area (Å²) in [6, 6.07) is 7.44. The van der Waals surface area contributed by atoms with Gasteiger partial charge in [-0.05, 0) is 37.1 Å². The van der Waals surface area contributed by atoms with Crippen molar-refractivity contribution < 1.29 is 14.5 Å². The van der Waals surface area contributed by atoms with Crippen molar-refractivity contribution in [1.29, 1.82) is 0 Å². The van der Waals surface area contributed by atoms with Crippen molar-refractivity contribution in [2.24, 2.45) is 0 Å². The van der Waals surface area contributed by atoms with E-state index in [0.717, 1.165) is 18.4 Å². The van der Waals surface area contributed by atoms with E-state index in [1.807, 2.05) is 30.3 Å². The summed E-state index contributed by atoms with van der Waals surface area (Å²) in [7, 11) is 1.62. The van der Waals surface area contributed by atoms with Gasteiger partial charge in [0.15, 0.2) is 0 Å². The Balaban J connectivity index is 1.87. The van der Waals surface area contributed by atoms with Crippen LogP contribution in [0.2, 0.25) is 5.02 Å². The van der Waals surface area contributed by atoms with Crippen molar-refractivity contribution in [1.82, 2.24) is 0 Å². The smallest absolute Gasteiger partial charge is 0.246 e. The van der Waals surface area contributed by atoms with Gasteiger partial charge < -0.3 is 4.74 Å². The monoisotopic (exact) mass is 308 g/mol. The van der Waals surface area contributed by atoms with Crippen molar-refractivity contribution >= 4 is 11.6 Å². The first-order valence-electron chi connectivity index (χ1n) is 7.57. The van der Waals surface area contributed by atoms with Crippen molar-refractivity contribution in [3.63, 3.8) is 0 Å². The second-order valence-electron chi connectivity index (χ2n) is 5.86. The largest absolute Gasteiger partial charge is 0.344 e. The van der Waals surface area contributed by atoms with Crippen LogP contribution in [0.5, 0.6) is 0 Å². The summed E-state index contributed by atoms with van der Waals surface area (Å²) in [6.45, 7) is 0. The molecule has 1 unspecified atom stereocenters. The van der Waals surface area contributed by atoms with Gasteiger partial charge in [0.25, 0.3) is 0 Å². The number of halogens is 1. The quantitative estimate of drug-likeness (QED) is 0.583. The van der Waals surface area contributed by atoms with Gasteiger partial charge in [-0.25, -0.2) is 4.89 Å². The Labute approximate surface area is 130 Å². The third kappa shape index (κ3) is 3.02. The highest BCUT2D eigenvalue weighted by Crippen LogP contribution is 2.41. The molecular weight excluding hydrogens is 288 g/mol. The van der Waals surface area contributed by atoms with Crippen molar-refractivity contribution in [2.45, 2.75) is 49.9 Å². The number of rotatable bonds is 2. The zero-order chi connectivity index (χ0) is 14.8. The first-order chi connectivity index (χ1) is 10.2. The van der Waals surface area contributed by atoms with Crippen LogP contribution in [-0.4, -0.2) is 12.7 Å². The zero-order valence-electron chi connectivity index (χ0n) is 12.3. The molecule has 1 spiro atoms. The Morgan fingerprint density at radius 3 is 2.14 bits per heavy atom. The SMILES string of the molecule is COC1(c2ccc(Cl)cc2)C=CC2(CCCCCC2)OO1. The van der Waals surface area contributed by atoms with Gasteiger partial charge in [-0.3, -0.25) is 0 Å².